The monoisotopic (exact) mass is 428 g/mol. The normalized spacial score (nSPS) is 16.4. The Morgan fingerprint density at radius 2 is 1.94 bits per heavy atom. The zero-order valence-electron chi connectivity index (χ0n) is 18.0. The van der Waals surface area contributed by atoms with Crippen LogP contribution in [0.5, 0.6) is 11.5 Å². The standard InChI is InChI=1S/C25H24N4O3/c1-31-20-11-13-10-17-22(16(13)12-21(20)32-2)28-29-24(17)25(30)27-19-9-5-7-15-14-6-3-4-8-18(14)26-23(15)19/h3-4,6,8,11-12,19,26H,5,7,9-10H2,1-2H3,(H,27,30)(H,28,29). The zero-order valence-corrected chi connectivity index (χ0v) is 18.0. The number of benzene rings is 2. The summed E-state index contributed by atoms with van der Waals surface area (Å²) < 4.78 is 10.9. The topological polar surface area (TPSA) is 92.0 Å². The van der Waals surface area contributed by atoms with E-state index in [4.69, 9.17) is 9.47 Å². The molecule has 0 saturated carbocycles. The molecule has 1 atom stereocenters. The number of ether oxygens (including phenoxy) is 2. The lowest BCUT2D eigenvalue weighted by atomic mass is 9.91. The molecule has 4 aromatic rings. The van der Waals surface area contributed by atoms with Gasteiger partial charge in [-0.25, -0.2) is 0 Å². The quantitative estimate of drug-likeness (QED) is 0.398. The van der Waals surface area contributed by atoms with Crippen LogP contribution in [0.3, 0.4) is 0 Å². The van der Waals surface area contributed by atoms with Gasteiger partial charge in [0.05, 0.1) is 26.0 Å². The second-order valence-electron chi connectivity index (χ2n) is 8.45. The number of rotatable bonds is 4. The first-order chi connectivity index (χ1) is 15.7. The minimum atomic E-state index is -0.123. The first-order valence-corrected chi connectivity index (χ1v) is 10.9. The summed E-state index contributed by atoms with van der Waals surface area (Å²) in [5.74, 6) is 1.21. The van der Waals surface area contributed by atoms with Crippen LogP contribution in [0.1, 0.15) is 51.8 Å². The number of hydrogen-bond acceptors (Lipinski definition) is 4. The van der Waals surface area contributed by atoms with Crippen molar-refractivity contribution in [2.45, 2.75) is 31.7 Å². The molecule has 0 bridgehead atoms. The smallest absolute Gasteiger partial charge is 0.270 e. The van der Waals surface area contributed by atoms with E-state index in [0.717, 1.165) is 52.9 Å². The highest BCUT2D eigenvalue weighted by Gasteiger charge is 2.31. The SMILES string of the molecule is COc1cc2c(cc1OC)-c1n[nH]c(C(=O)NC3CCCc4c3[nH]c3ccccc43)c1C2. The molecule has 162 valence electrons. The zero-order chi connectivity index (χ0) is 21.8. The molecule has 2 aromatic heterocycles. The average Bonchev–Trinajstić information content (AvgIpc) is 3.50. The van der Waals surface area contributed by atoms with E-state index >= 15 is 0 Å². The minimum absolute atomic E-state index is 0.0402. The molecule has 32 heavy (non-hydrogen) atoms. The van der Waals surface area contributed by atoms with Gasteiger partial charge in [0, 0.05) is 34.1 Å². The van der Waals surface area contributed by atoms with Crippen LogP contribution in [-0.4, -0.2) is 35.3 Å². The second kappa shape index (κ2) is 7.15. The second-order valence-corrected chi connectivity index (χ2v) is 8.45. The average molecular weight is 428 g/mol. The fraction of sp³-hybridized carbons (Fsp3) is 0.280. The van der Waals surface area contributed by atoms with Crippen LogP contribution in [0.4, 0.5) is 0 Å². The van der Waals surface area contributed by atoms with Crippen LogP contribution < -0.4 is 14.8 Å². The van der Waals surface area contributed by atoms with Crippen LogP contribution >= 0.6 is 0 Å². The van der Waals surface area contributed by atoms with Gasteiger partial charge < -0.3 is 19.8 Å². The molecule has 2 heterocycles. The van der Waals surface area contributed by atoms with Crippen molar-refractivity contribution in [2.24, 2.45) is 0 Å². The van der Waals surface area contributed by atoms with Crippen molar-refractivity contribution in [3.63, 3.8) is 0 Å². The third kappa shape index (κ3) is 2.74. The molecule has 7 heteroatoms. The van der Waals surface area contributed by atoms with Crippen molar-refractivity contribution < 1.29 is 14.3 Å². The molecule has 7 nitrogen and oxygen atoms in total. The molecule has 0 saturated heterocycles. The van der Waals surface area contributed by atoms with Crippen LogP contribution in [-0.2, 0) is 12.8 Å². The number of H-pyrrole nitrogens is 2. The van der Waals surface area contributed by atoms with E-state index in [9.17, 15) is 4.79 Å². The van der Waals surface area contributed by atoms with Gasteiger partial charge in [-0.05, 0) is 48.6 Å². The number of nitrogens with one attached hydrogen (secondary N) is 3. The molecule has 0 aliphatic heterocycles. The Morgan fingerprint density at radius 1 is 1.12 bits per heavy atom. The Hall–Kier alpha value is -3.74. The summed E-state index contributed by atoms with van der Waals surface area (Å²) >= 11 is 0. The van der Waals surface area contributed by atoms with Gasteiger partial charge in [-0.1, -0.05) is 18.2 Å². The van der Waals surface area contributed by atoms with Gasteiger partial charge in [0.1, 0.15) is 5.69 Å². The molecule has 3 N–H and O–H groups in total. The highest BCUT2D eigenvalue weighted by molar-refractivity contribution is 5.97. The number of nitrogens with zero attached hydrogens (tertiary/aromatic N) is 1. The maximum absolute atomic E-state index is 13.3. The summed E-state index contributed by atoms with van der Waals surface area (Å²) in [6.45, 7) is 0. The molecule has 2 aliphatic carbocycles. The number of carbonyl (C=O) groups is 1. The van der Waals surface area contributed by atoms with Crippen LogP contribution in [0, 0.1) is 0 Å². The summed E-state index contributed by atoms with van der Waals surface area (Å²) in [6.07, 6.45) is 3.62. The first kappa shape index (κ1) is 19.0. The van der Waals surface area contributed by atoms with Gasteiger partial charge in [-0.3, -0.25) is 9.89 Å². The molecule has 0 spiro atoms. The number of amides is 1. The number of hydrogen-bond donors (Lipinski definition) is 3. The van der Waals surface area contributed by atoms with Crippen molar-refractivity contribution in [1.29, 1.82) is 0 Å². The fourth-order valence-electron chi connectivity index (χ4n) is 5.22. The van der Waals surface area contributed by atoms with E-state index in [1.807, 2.05) is 18.2 Å². The van der Waals surface area contributed by atoms with E-state index < -0.39 is 0 Å². The lowest BCUT2D eigenvalue weighted by Crippen LogP contribution is -2.31. The van der Waals surface area contributed by atoms with Crippen LogP contribution in [0.2, 0.25) is 0 Å². The molecular formula is C25H24N4O3. The summed E-state index contributed by atoms with van der Waals surface area (Å²) in [5.41, 5.74) is 7.87. The van der Waals surface area contributed by atoms with Gasteiger partial charge in [0.25, 0.3) is 5.91 Å². The highest BCUT2D eigenvalue weighted by Crippen LogP contribution is 2.43. The van der Waals surface area contributed by atoms with Crippen molar-refractivity contribution in [1.82, 2.24) is 20.5 Å². The number of carbonyl (C=O) groups excluding carboxylic acids is 1. The maximum Gasteiger partial charge on any atom is 0.270 e. The van der Waals surface area contributed by atoms with E-state index in [0.29, 0.717) is 23.6 Å². The summed E-state index contributed by atoms with van der Waals surface area (Å²) in [5, 5.41) is 12.0. The molecule has 0 fully saturated rings. The fourth-order valence-corrected chi connectivity index (χ4v) is 5.22. The van der Waals surface area contributed by atoms with E-state index in [1.165, 1.54) is 10.9 Å². The molecule has 2 aromatic carbocycles. The molecular weight excluding hydrogens is 404 g/mol. The van der Waals surface area contributed by atoms with Gasteiger partial charge in [-0.15, -0.1) is 0 Å². The van der Waals surface area contributed by atoms with E-state index in [1.54, 1.807) is 14.2 Å². The number of aromatic nitrogens is 3. The number of methoxy groups -OCH3 is 2. The Morgan fingerprint density at radius 3 is 2.78 bits per heavy atom. The number of fused-ring (bicyclic) bond motifs is 6. The molecule has 6 rings (SSSR count). The van der Waals surface area contributed by atoms with Gasteiger partial charge >= 0.3 is 0 Å². The Bertz CT molecular complexity index is 1370. The largest absolute Gasteiger partial charge is 0.493 e. The predicted octanol–water partition coefficient (Wildman–Crippen LogP) is 4.29. The van der Waals surface area contributed by atoms with Crippen molar-refractivity contribution in [3.05, 3.63) is 64.5 Å². The van der Waals surface area contributed by atoms with E-state index in [-0.39, 0.29) is 11.9 Å². The number of aromatic amines is 2. The third-order valence-corrected chi connectivity index (χ3v) is 6.75. The third-order valence-electron chi connectivity index (χ3n) is 6.75. The van der Waals surface area contributed by atoms with Gasteiger partial charge in [-0.2, -0.15) is 5.10 Å². The molecule has 0 radical (unpaired) electrons. The maximum atomic E-state index is 13.3. The minimum Gasteiger partial charge on any atom is -0.493 e. The number of para-hydroxylation sites is 1. The van der Waals surface area contributed by atoms with Crippen molar-refractivity contribution in [3.8, 4) is 22.8 Å². The first-order valence-electron chi connectivity index (χ1n) is 10.9. The number of aryl methyl sites for hydroxylation is 1. The van der Waals surface area contributed by atoms with Gasteiger partial charge in [0.2, 0.25) is 0 Å². The molecule has 2 aliphatic rings. The summed E-state index contributed by atoms with van der Waals surface area (Å²) in [4.78, 5) is 16.9. The van der Waals surface area contributed by atoms with Crippen LogP contribution in [0.15, 0.2) is 36.4 Å². The Balaban J connectivity index is 1.31. The Labute approximate surface area is 185 Å². The van der Waals surface area contributed by atoms with Crippen LogP contribution in [0.25, 0.3) is 22.2 Å². The summed E-state index contributed by atoms with van der Waals surface area (Å²) in [6, 6.07) is 12.2. The molecule has 1 amide bonds. The lowest BCUT2D eigenvalue weighted by molar-refractivity contribution is 0.0926. The predicted molar refractivity (Wildman–Crippen MR) is 121 cm³/mol. The lowest BCUT2D eigenvalue weighted by Gasteiger charge is -2.23. The van der Waals surface area contributed by atoms with Crippen molar-refractivity contribution in [2.75, 3.05) is 14.2 Å². The summed E-state index contributed by atoms with van der Waals surface area (Å²) in [7, 11) is 3.24. The van der Waals surface area contributed by atoms with Crippen molar-refractivity contribution >= 4 is 16.8 Å². The molecule has 1 unspecified atom stereocenters. The Kier molecular flexibility index (Phi) is 4.24. The van der Waals surface area contributed by atoms with Gasteiger partial charge in [0.15, 0.2) is 11.5 Å². The van der Waals surface area contributed by atoms with E-state index in [2.05, 4.69) is 38.7 Å². The highest BCUT2D eigenvalue weighted by atomic mass is 16.5.